The number of nitrogens with zero attached hydrogens (tertiary/aromatic N) is 1. The standard InChI is InChI=1S/C12H6ClF5N2O/c13-6-1-5(12(16,17)18)4-20-11(6)21-10-3-7(14)9(19)2-8(10)15/h1-4H,19H2. The number of rotatable bonds is 2. The summed E-state index contributed by atoms with van der Waals surface area (Å²) in [6.07, 6.45) is -4.17. The summed E-state index contributed by atoms with van der Waals surface area (Å²) in [6, 6.07) is 1.87. The van der Waals surface area contributed by atoms with Gasteiger partial charge in [0.2, 0.25) is 5.88 Å². The quantitative estimate of drug-likeness (QED) is 0.657. The molecule has 9 heteroatoms. The van der Waals surface area contributed by atoms with Crippen molar-refractivity contribution in [3.8, 4) is 11.6 Å². The van der Waals surface area contributed by atoms with Gasteiger partial charge in [-0.3, -0.25) is 0 Å². The van der Waals surface area contributed by atoms with Gasteiger partial charge in [0.25, 0.3) is 0 Å². The second kappa shape index (κ2) is 5.36. The Labute approximate surface area is 120 Å². The van der Waals surface area contributed by atoms with Crippen molar-refractivity contribution in [3.63, 3.8) is 0 Å². The van der Waals surface area contributed by atoms with Crippen LogP contribution in [0.5, 0.6) is 11.6 Å². The highest BCUT2D eigenvalue weighted by Crippen LogP contribution is 2.35. The number of nitrogens with two attached hydrogens (primary N) is 1. The summed E-state index contributed by atoms with van der Waals surface area (Å²) in [5, 5.41) is -0.499. The van der Waals surface area contributed by atoms with Gasteiger partial charge in [-0.2, -0.15) is 13.2 Å². The summed E-state index contributed by atoms with van der Waals surface area (Å²) in [6.45, 7) is 0. The lowest BCUT2D eigenvalue weighted by Crippen LogP contribution is -2.06. The van der Waals surface area contributed by atoms with Crippen molar-refractivity contribution in [1.82, 2.24) is 4.98 Å². The Balaban J connectivity index is 2.35. The molecule has 0 bridgehead atoms. The van der Waals surface area contributed by atoms with E-state index in [0.29, 0.717) is 24.4 Å². The summed E-state index contributed by atoms with van der Waals surface area (Å²) in [4.78, 5) is 3.34. The van der Waals surface area contributed by atoms with Crippen molar-refractivity contribution in [2.75, 3.05) is 5.73 Å². The van der Waals surface area contributed by atoms with Crippen molar-refractivity contribution < 1.29 is 26.7 Å². The van der Waals surface area contributed by atoms with Gasteiger partial charge in [-0.25, -0.2) is 13.8 Å². The molecule has 0 saturated carbocycles. The van der Waals surface area contributed by atoms with Crippen LogP contribution >= 0.6 is 11.6 Å². The maximum absolute atomic E-state index is 13.5. The fourth-order valence-electron chi connectivity index (χ4n) is 1.38. The fourth-order valence-corrected chi connectivity index (χ4v) is 1.59. The minimum atomic E-state index is -4.63. The van der Waals surface area contributed by atoms with Crippen molar-refractivity contribution in [1.29, 1.82) is 0 Å². The van der Waals surface area contributed by atoms with Gasteiger partial charge in [-0.05, 0) is 6.07 Å². The molecular weight excluding hydrogens is 319 g/mol. The van der Waals surface area contributed by atoms with Crippen molar-refractivity contribution >= 4 is 17.3 Å². The predicted molar refractivity (Wildman–Crippen MR) is 65.1 cm³/mol. The normalized spacial score (nSPS) is 11.5. The van der Waals surface area contributed by atoms with E-state index in [-0.39, 0.29) is 0 Å². The zero-order chi connectivity index (χ0) is 15.8. The van der Waals surface area contributed by atoms with Gasteiger partial charge in [0.15, 0.2) is 11.6 Å². The number of anilines is 1. The highest BCUT2D eigenvalue weighted by atomic mass is 35.5. The number of hydrogen-bond donors (Lipinski definition) is 1. The Morgan fingerprint density at radius 1 is 1.10 bits per heavy atom. The van der Waals surface area contributed by atoms with Gasteiger partial charge in [0.05, 0.1) is 11.3 Å². The maximum Gasteiger partial charge on any atom is 0.417 e. The molecule has 21 heavy (non-hydrogen) atoms. The molecule has 1 aromatic carbocycles. The van der Waals surface area contributed by atoms with Crippen LogP contribution in [0, 0.1) is 11.6 Å². The number of alkyl halides is 3. The second-order valence-corrected chi connectivity index (χ2v) is 4.32. The first-order valence-electron chi connectivity index (χ1n) is 5.33. The summed E-state index contributed by atoms with van der Waals surface area (Å²) in [5.74, 6) is -3.05. The summed E-state index contributed by atoms with van der Waals surface area (Å²) < 4.78 is 68.8. The van der Waals surface area contributed by atoms with Crippen molar-refractivity contribution in [2.45, 2.75) is 6.18 Å². The number of hydrogen-bond acceptors (Lipinski definition) is 3. The Bertz CT molecular complexity index is 690. The van der Waals surface area contributed by atoms with Crippen LogP contribution in [0.2, 0.25) is 5.02 Å². The van der Waals surface area contributed by atoms with Crippen LogP contribution in [0.25, 0.3) is 0 Å². The fraction of sp³-hybridized carbons (Fsp3) is 0.0833. The van der Waals surface area contributed by atoms with E-state index in [2.05, 4.69) is 4.98 Å². The lowest BCUT2D eigenvalue weighted by Gasteiger charge is -2.11. The molecule has 3 nitrogen and oxygen atoms in total. The van der Waals surface area contributed by atoms with E-state index in [1.165, 1.54) is 0 Å². The highest BCUT2D eigenvalue weighted by molar-refractivity contribution is 6.31. The van der Waals surface area contributed by atoms with Crippen LogP contribution in [0.1, 0.15) is 5.56 Å². The number of benzene rings is 1. The third-order valence-corrected chi connectivity index (χ3v) is 2.66. The zero-order valence-electron chi connectivity index (χ0n) is 10.0. The Morgan fingerprint density at radius 3 is 2.33 bits per heavy atom. The van der Waals surface area contributed by atoms with Crippen LogP contribution in [-0.4, -0.2) is 4.98 Å². The van der Waals surface area contributed by atoms with Gasteiger partial charge in [-0.15, -0.1) is 0 Å². The number of ether oxygens (including phenoxy) is 1. The number of pyridine rings is 1. The van der Waals surface area contributed by atoms with Crippen LogP contribution in [0.3, 0.4) is 0 Å². The molecule has 0 fully saturated rings. The monoisotopic (exact) mass is 324 g/mol. The van der Waals surface area contributed by atoms with Crippen LogP contribution < -0.4 is 10.5 Å². The molecule has 2 aromatic rings. The molecule has 0 aliphatic carbocycles. The molecule has 0 radical (unpaired) electrons. The molecule has 2 rings (SSSR count). The molecule has 0 saturated heterocycles. The minimum Gasteiger partial charge on any atom is -0.434 e. The molecule has 0 amide bonds. The molecule has 0 atom stereocenters. The van der Waals surface area contributed by atoms with E-state index in [9.17, 15) is 22.0 Å². The number of aromatic nitrogens is 1. The van der Waals surface area contributed by atoms with Crippen molar-refractivity contribution in [2.24, 2.45) is 0 Å². The van der Waals surface area contributed by atoms with Gasteiger partial charge in [-0.1, -0.05) is 11.6 Å². The van der Waals surface area contributed by atoms with Crippen LogP contribution in [0.15, 0.2) is 24.4 Å². The molecule has 0 unspecified atom stereocenters. The Morgan fingerprint density at radius 2 is 1.76 bits per heavy atom. The first kappa shape index (κ1) is 15.3. The molecule has 0 aliphatic rings. The third kappa shape index (κ3) is 3.33. The molecular formula is C12H6ClF5N2O. The number of halogens is 6. The molecule has 0 aliphatic heterocycles. The van der Waals surface area contributed by atoms with E-state index in [1.807, 2.05) is 0 Å². The molecule has 2 N–H and O–H groups in total. The van der Waals surface area contributed by atoms with Gasteiger partial charge in [0, 0.05) is 18.3 Å². The lowest BCUT2D eigenvalue weighted by atomic mass is 10.2. The molecule has 112 valence electrons. The van der Waals surface area contributed by atoms with Gasteiger partial charge >= 0.3 is 6.18 Å². The molecule has 1 aromatic heterocycles. The highest BCUT2D eigenvalue weighted by Gasteiger charge is 2.32. The zero-order valence-corrected chi connectivity index (χ0v) is 10.8. The smallest absolute Gasteiger partial charge is 0.417 e. The van der Waals surface area contributed by atoms with Gasteiger partial charge < -0.3 is 10.5 Å². The second-order valence-electron chi connectivity index (χ2n) is 3.91. The Kier molecular flexibility index (Phi) is 3.91. The molecule has 0 spiro atoms. The first-order chi connectivity index (χ1) is 9.68. The minimum absolute atomic E-state index is 0.439. The summed E-state index contributed by atoms with van der Waals surface area (Å²) in [7, 11) is 0. The summed E-state index contributed by atoms with van der Waals surface area (Å²) >= 11 is 5.58. The first-order valence-corrected chi connectivity index (χ1v) is 5.71. The van der Waals surface area contributed by atoms with Crippen LogP contribution in [0.4, 0.5) is 27.6 Å². The average molecular weight is 325 g/mol. The lowest BCUT2D eigenvalue weighted by molar-refractivity contribution is -0.137. The SMILES string of the molecule is Nc1cc(F)c(Oc2ncc(C(F)(F)F)cc2Cl)cc1F. The van der Waals surface area contributed by atoms with E-state index < -0.39 is 45.7 Å². The van der Waals surface area contributed by atoms with E-state index >= 15 is 0 Å². The predicted octanol–water partition coefficient (Wildman–Crippen LogP) is 4.41. The van der Waals surface area contributed by atoms with E-state index in [1.54, 1.807) is 0 Å². The average Bonchev–Trinajstić information content (AvgIpc) is 2.36. The topological polar surface area (TPSA) is 48.1 Å². The Hall–Kier alpha value is -2.09. The summed E-state index contributed by atoms with van der Waals surface area (Å²) in [5.41, 5.74) is 3.61. The molecule has 1 heterocycles. The van der Waals surface area contributed by atoms with Crippen LogP contribution in [-0.2, 0) is 6.18 Å². The van der Waals surface area contributed by atoms with Crippen molar-refractivity contribution in [3.05, 3.63) is 46.6 Å². The third-order valence-electron chi connectivity index (χ3n) is 2.39. The maximum atomic E-state index is 13.5. The van der Waals surface area contributed by atoms with E-state index in [0.717, 1.165) is 0 Å². The largest absolute Gasteiger partial charge is 0.434 e. The van der Waals surface area contributed by atoms with E-state index in [4.69, 9.17) is 22.1 Å². The van der Waals surface area contributed by atoms with Gasteiger partial charge in [0.1, 0.15) is 10.8 Å². The number of nitrogen functional groups attached to an aromatic ring is 1.